The van der Waals surface area contributed by atoms with E-state index in [9.17, 15) is 9.90 Å². The fourth-order valence-corrected chi connectivity index (χ4v) is 4.10. The summed E-state index contributed by atoms with van der Waals surface area (Å²) in [6.45, 7) is 0.248. The zero-order chi connectivity index (χ0) is 22.7. The number of carboxylic acids is 1. The van der Waals surface area contributed by atoms with Crippen molar-refractivity contribution in [1.29, 1.82) is 0 Å². The minimum Gasteiger partial charge on any atom is -0.489 e. The van der Waals surface area contributed by atoms with Crippen LogP contribution in [-0.4, -0.2) is 21.7 Å². The molecule has 0 saturated heterocycles. The number of aromatic nitrogens is 1. The highest BCUT2D eigenvalue weighted by Gasteiger charge is 2.20. The smallest absolute Gasteiger partial charge is 0.326 e. The van der Waals surface area contributed by atoms with Crippen molar-refractivity contribution in [2.24, 2.45) is 7.05 Å². The lowest BCUT2D eigenvalue weighted by molar-refractivity contribution is -0.137. The van der Waals surface area contributed by atoms with Gasteiger partial charge < -0.3 is 19.7 Å². The Morgan fingerprint density at radius 3 is 2.38 bits per heavy atom. The number of carbonyl (C=O) groups is 1. The number of nitrogens with zero attached hydrogens (tertiary/aromatic N) is 1. The maximum atomic E-state index is 11.9. The van der Waals surface area contributed by atoms with Crippen molar-refractivity contribution >= 4 is 45.9 Å². The number of rotatable bonds is 8. The maximum absolute atomic E-state index is 11.9. The number of carboxylic acid groups (broad SMARTS) is 1. The summed E-state index contributed by atoms with van der Waals surface area (Å²) >= 11 is 12.4. The number of nitrogens with one attached hydrogen (secondary N) is 1. The van der Waals surface area contributed by atoms with Crippen LogP contribution in [0.1, 0.15) is 11.1 Å². The molecular formula is C25H22Cl2N2O3. The van der Waals surface area contributed by atoms with Gasteiger partial charge in [-0.25, -0.2) is 4.79 Å². The number of hydrogen-bond acceptors (Lipinski definition) is 3. The topological polar surface area (TPSA) is 63.5 Å². The summed E-state index contributed by atoms with van der Waals surface area (Å²) in [7, 11) is 1.92. The molecule has 7 heteroatoms. The van der Waals surface area contributed by atoms with Crippen LogP contribution >= 0.6 is 23.2 Å². The van der Waals surface area contributed by atoms with Crippen LogP contribution in [0.2, 0.25) is 10.0 Å². The van der Waals surface area contributed by atoms with Gasteiger partial charge in [0.05, 0.1) is 0 Å². The Balaban J connectivity index is 1.43. The van der Waals surface area contributed by atoms with Gasteiger partial charge in [-0.05, 0) is 42.0 Å². The molecule has 0 aliphatic rings. The number of hydrogen-bond donors (Lipinski definition) is 2. The Morgan fingerprint density at radius 2 is 1.72 bits per heavy atom. The molecule has 1 atom stereocenters. The summed E-state index contributed by atoms with van der Waals surface area (Å²) in [5.41, 5.74) is 2.65. The van der Waals surface area contributed by atoms with E-state index in [0.717, 1.165) is 27.8 Å². The van der Waals surface area contributed by atoms with E-state index in [2.05, 4.69) is 5.32 Å². The van der Waals surface area contributed by atoms with Crippen molar-refractivity contribution < 1.29 is 14.6 Å². The van der Waals surface area contributed by atoms with Crippen LogP contribution in [0.15, 0.2) is 72.8 Å². The lowest BCUT2D eigenvalue weighted by Gasteiger charge is -2.17. The quantitative estimate of drug-likeness (QED) is 0.324. The molecule has 1 heterocycles. The Hall–Kier alpha value is -3.15. The molecule has 2 N–H and O–H groups in total. The van der Waals surface area contributed by atoms with Gasteiger partial charge in [-0.15, -0.1) is 0 Å². The van der Waals surface area contributed by atoms with E-state index in [4.69, 9.17) is 27.9 Å². The summed E-state index contributed by atoms with van der Waals surface area (Å²) in [4.78, 5) is 11.9. The van der Waals surface area contributed by atoms with E-state index in [0.29, 0.717) is 22.2 Å². The van der Waals surface area contributed by atoms with Gasteiger partial charge in [0.25, 0.3) is 0 Å². The monoisotopic (exact) mass is 468 g/mol. The average Bonchev–Trinajstić information content (AvgIpc) is 3.09. The molecule has 0 aliphatic carbocycles. The normalized spacial score (nSPS) is 12.0. The third-order valence-electron chi connectivity index (χ3n) is 5.38. The van der Waals surface area contributed by atoms with Gasteiger partial charge >= 0.3 is 5.97 Å². The highest BCUT2D eigenvalue weighted by atomic mass is 35.5. The Morgan fingerprint density at radius 1 is 1.03 bits per heavy atom. The van der Waals surface area contributed by atoms with E-state index in [-0.39, 0.29) is 6.61 Å². The van der Waals surface area contributed by atoms with Gasteiger partial charge in [-0.1, -0.05) is 59.6 Å². The van der Waals surface area contributed by atoms with E-state index in [1.165, 1.54) is 0 Å². The number of benzene rings is 3. The highest BCUT2D eigenvalue weighted by Crippen LogP contribution is 2.26. The second-order valence-electron chi connectivity index (χ2n) is 7.52. The maximum Gasteiger partial charge on any atom is 0.326 e. The molecule has 0 spiro atoms. The first kappa shape index (κ1) is 22.1. The van der Waals surface area contributed by atoms with Crippen molar-refractivity contribution in [2.75, 3.05) is 5.32 Å². The molecule has 0 fully saturated rings. The molecule has 4 aromatic rings. The highest BCUT2D eigenvalue weighted by molar-refractivity contribution is 6.35. The van der Waals surface area contributed by atoms with Crippen molar-refractivity contribution in [2.45, 2.75) is 19.1 Å². The summed E-state index contributed by atoms with van der Waals surface area (Å²) in [6.07, 6.45) is 0.327. The lowest BCUT2D eigenvalue weighted by atomic mass is 10.1. The number of anilines is 1. The second kappa shape index (κ2) is 9.55. The first-order valence-electron chi connectivity index (χ1n) is 10.1. The molecule has 3 aromatic carbocycles. The van der Waals surface area contributed by atoms with Crippen molar-refractivity contribution in [1.82, 2.24) is 4.57 Å². The zero-order valence-electron chi connectivity index (χ0n) is 17.4. The second-order valence-corrected chi connectivity index (χ2v) is 8.33. The lowest BCUT2D eigenvalue weighted by Crippen LogP contribution is -2.32. The molecule has 0 radical (unpaired) electrons. The largest absolute Gasteiger partial charge is 0.489 e. The number of aryl methyl sites for hydroxylation is 1. The van der Waals surface area contributed by atoms with Crippen LogP contribution in [0, 0.1) is 0 Å². The number of fused-ring (bicyclic) bond motifs is 1. The molecule has 0 aliphatic heterocycles. The summed E-state index contributed by atoms with van der Waals surface area (Å²) < 4.78 is 7.76. The SMILES string of the molecule is Cn1c(N[C@@H](Cc2ccc(OCc3c(Cl)cccc3Cl)cc2)C(=O)O)cc2ccccc21. The van der Waals surface area contributed by atoms with Gasteiger partial charge in [-0.2, -0.15) is 0 Å². The molecule has 0 bridgehead atoms. The molecule has 0 amide bonds. The molecule has 1 aromatic heterocycles. The molecular weight excluding hydrogens is 447 g/mol. The zero-order valence-corrected chi connectivity index (χ0v) is 18.9. The first-order chi connectivity index (χ1) is 15.4. The summed E-state index contributed by atoms with van der Waals surface area (Å²) in [5, 5.41) is 15.1. The van der Waals surface area contributed by atoms with Crippen LogP contribution in [0.25, 0.3) is 10.9 Å². The van der Waals surface area contributed by atoms with Crippen molar-refractivity contribution in [3.05, 3.63) is 94.0 Å². The molecule has 32 heavy (non-hydrogen) atoms. The van der Waals surface area contributed by atoms with E-state index in [1.807, 2.05) is 66.2 Å². The van der Waals surface area contributed by atoms with Gasteiger partial charge in [0.1, 0.15) is 24.2 Å². The molecule has 5 nitrogen and oxygen atoms in total. The fourth-order valence-electron chi connectivity index (χ4n) is 3.59. The van der Waals surface area contributed by atoms with Crippen molar-refractivity contribution in [3.8, 4) is 5.75 Å². The predicted octanol–water partition coefficient (Wildman–Crippen LogP) is 6.17. The number of ether oxygens (including phenoxy) is 1. The Bertz CT molecular complexity index is 1230. The predicted molar refractivity (Wildman–Crippen MR) is 129 cm³/mol. The molecule has 0 unspecified atom stereocenters. The van der Waals surface area contributed by atoms with Crippen LogP contribution < -0.4 is 10.1 Å². The van der Waals surface area contributed by atoms with Crippen LogP contribution in [0.4, 0.5) is 5.82 Å². The minimum absolute atomic E-state index is 0.248. The van der Waals surface area contributed by atoms with E-state index < -0.39 is 12.0 Å². The van der Waals surface area contributed by atoms with Gasteiger partial charge in [0, 0.05) is 40.0 Å². The molecule has 4 rings (SSSR count). The third-order valence-corrected chi connectivity index (χ3v) is 6.09. The average molecular weight is 469 g/mol. The minimum atomic E-state index is -0.913. The Labute approximate surface area is 196 Å². The summed E-state index contributed by atoms with van der Waals surface area (Å²) in [6, 6.07) is 21.8. The number of aliphatic carboxylic acids is 1. The third kappa shape index (κ3) is 4.85. The van der Waals surface area contributed by atoms with Gasteiger partial charge in [-0.3, -0.25) is 0 Å². The van der Waals surface area contributed by atoms with E-state index >= 15 is 0 Å². The van der Waals surface area contributed by atoms with E-state index in [1.54, 1.807) is 18.2 Å². The molecule has 164 valence electrons. The van der Waals surface area contributed by atoms with Crippen molar-refractivity contribution in [3.63, 3.8) is 0 Å². The molecule has 0 saturated carbocycles. The summed E-state index contributed by atoms with van der Waals surface area (Å²) in [5.74, 6) is 0.498. The number of para-hydroxylation sites is 1. The van der Waals surface area contributed by atoms with Crippen LogP contribution in [-0.2, 0) is 24.9 Å². The van der Waals surface area contributed by atoms with Gasteiger partial charge in [0.2, 0.25) is 0 Å². The first-order valence-corrected chi connectivity index (χ1v) is 10.9. The fraction of sp³-hybridized carbons (Fsp3) is 0.160. The van der Waals surface area contributed by atoms with Crippen LogP contribution in [0.5, 0.6) is 5.75 Å². The Kier molecular flexibility index (Phi) is 6.58. The standard InChI is InChI=1S/C25H22Cl2N2O3/c1-29-23-8-3-2-5-17(23)14-24(29)28-22(25(30)31)13-16-9-11-18(12-10-16)32-15-19-20(26)6-4-7-21(19)27/h2-12,14,22,28H,13,15H2,1H3,(H,30,31)/t22-/m0/s1. The van der Waals surface area contributed by atoms with Crippen LogP contribution in [0.3, 0.4) is 0 Å². The number of halogens is 2. The van der Waals surface area contributed by atoms with Gasteiger partial charge in [0.15, 0.2) is 0 Å².